The molecule has 1 unspecified atom stereocenters. The molecule has 1 atom stereocenters. The maximum atomic E-state index is 12.4. The van der Waals surface area contributed by atoms with Gasteiger partial charge in [0.05, 0.1) is 6.10 Å². The Balaban J connectivity index is 1.49. The Hall–Kier alpha value is -2.54. The van der Waals surface area contributed by atoms with Crippen molar-refractivity contribution in [1.29, 1.82) is 0 Å². The molecule has 0 radical (unpaired) electrons. The van der Waals surface area contributed by atoms with Gasteiger partial charge in [0.15, 0.2) is 5.69 Å². The highest BCUT2D eigenvalue weighted by atomic mass is 16.5. The second-order valence-corrected chi connectivity index (χ2v) is 6.15. The zero-order chi connectivity index (χ0) is 17.5. The lowest BCUT2D eigenvalue weighted by Gasteiger charge is -2.16. The second kappa shape index (κ2) is 8.53. The van der Waals surface area contributed by atoms with Gasteiger partial charge in [-0.1, -0.05) is 0 Å². The fraction of sp³-hybridized carbons (Fsp3) is 0.444. The van der Waals surface area contributed by atoms with Crippen LogP contribution >= 0.6 is 0 Å². The van der Waals surface area contributed by atoms with Crippen molar-refractivity contribution in [3.63, 3.8) is 0 Å². The highest BCUT2D eigenvalue weighted by Gasteiger charge is 2.16. The minimum absolute atomic E-state index is 0.132. The topological polar surface area (TPSA) is 80.2 Å². The smallest absolute Gasteiger partial charge is 0.274 e. The Morgan fingerprint density at radius 2 is 2.12 bits per heavy atom. The van der Waals surface area contributed by atoms with Gasteiger partial charge in [-0.05, 0) is 49.1 Å². The van der Waals surface area contributed by atoms with Crippen molar-refractivity contribution in [3.8, 4) is 0 Å². The summed E-state index contributed by atoms with van der Waals surface area (Å²) in [4.78, 5) is 18.1. The number of pyridine rings is 1. The minimum Gasteiger partial charge on any atom is -0.376 e. The number of likely N-dealkylation sites (N-methyl/N-ethyl adjacent to an activating group) is 1. The number of aromatic nitrogens is 3. The van der Waals surface area contributed by atoms with Crippen LogP contribution in [0.25, 0.3) is 0 Å². The number of ether oxygens (including phenoxy) is 1. The van der Waals surface area contributed by atoms with E-state index >= 15 is 0 Å². The molecule has 0 spiro atoms. The van der Waals surface area contributed by atoms with Crippen LogP contribution in [-0.4, -0.2) is 58.8 Å². The van der Waals surface area contributed by atoms with Crippen molar-refractivity contribution in [1.82, 2.24) is 20.1 Å². The number of rotatable bonds is 7. The molecule has 1 amide bonds. The molecule has 0 aromatic carbocycles. The van der Waals surface area contributed by atoms with E-state index < -0.39 is 0 Å². The highest BCUT2D eigenvalue weighted by Crippen LogP contribution is 2.13. The predicted octanol–water partition coefficient (Wildman–Crippen LogP) is 1.78. The number of hydrogen-bond acceptors (Lipinski definition) is 6. The van der Waals surface area contributed by atoms with Crippen molar-refractivity contribution in [2.45, 2.75) is 25.4 Å². The molecule has 25 heavy (non-hydrogen) atoms. The number of carbonyl (C=O) groups excluding carboxylic acids is 1. The summed E-state index contributed by atoms with van der Waals surface area (Å²) in [5, 5.41) is 11.3. The van der Waals surface area contributed by atoms with Gasteiger partial charge < -0.3 is 15.0 Å². The molecular formula is C18H23N5O2. The maximum Gasteiger partial charge on any atom is 0.274 e. The van der Waals surface area contributed by atoms with Crippen molar-refractivity contribution >= 4 is 11.7 Å². The van der Waals surface area contributed by atoms with E-state index in [1.807, 2.05) is 12.1 Å². The Labute approximate surface area is 147 Å². The summed E-state index contributed by atoms with van der Waals surface area (Å²) in [5.74, 6) is 0.527. The number of carbonyl (C=O) groups is 1. The van der Waals surface area contributed by atoms with Crippen LogP contribution in [0.5, 0.6) is 0 Å². The van der Waals surface area contributed by atoms with Crippen LogP contribution < -0.4 is 5.32 Å². The van der Waals surface area contributed by atoms with E-state index in [9.17, 15) is 4.79 Å². The molecule has 7 heteroatoms. The van der Waals surface area contributed by atoms with E-state index in [-0.39, 0.29) is 12.0 Å². The van der Waals surface area contributed by atoms with Gasteiger partial charge in [-0.15, -0.1) is 10.2 Å². The van der Waals surface area contributed by atoms with E-state index in [1.165, 1.54) is 0 Å². The number of amides is 1. The summed E-state index contributed by atoms with van der Waals surface area (Å²) in [6.07, 6.45) is 6.70. The van der Waals surface area contributed by atoms with Crippen molar-refractivity contribution in [2.75, 3.05) is 32.1 Å². The van der Waals surface area contributed by atoms with E-state index in [2.05, 4.69) is 20.5 Å². The van der Waals surface area contributed by atoms with Crippen LogP contribution in [0.3, 0.4) is 0 Å². The van der Waals surface area contributed by atoms with Gasteiger partial charge in [0.1, 0.15) is 5.82 Å². The molecule has 0 bridgehead atoms. The predicted molar refractivity (Wildman–Crippen MR) is 94.4 cm³/mol. The van der Waals surface area contributed by atoms with Gasteiger partial charge in [-0.25, -0.2) is 0 Å². The Kier molecular flexibility index (Phi) is 5.90. The zero-order valence-corrected chi connectivity index (χ0v) is 14.4. The van der Waals surface area contributed by atoms with Gasteiger partial charge in [-0.3, -0.25) is 9.78 Å². The molecule has 7 nitrogen and oxygen atoms in total. The molecule has 1 fully saturated rings. The van der Waals surface area contributed by atoms with Crippen molar-refractivity contribution in [3.05, 3.63) is 47.9 Å². The van der Waals surface area contributed by atoms with Crippen LogP contribution in [0.2, 0.25) is 0 Å². The molecule has 132 valence electrons. The Morgan fingerprint density at radius 1 is 1.28 bits per heavy atom. The first-order valence-electron chi connectivity index (χ1n) is 8.56. The standard InChI is InChI=1S/C18H23N5O2/c1-23(11-8-14-6-9-19-10-7-14)18(24)16-4-5-17(22-21-16)20-13-15-3-2-12-25-15/h4-7,9-10,15H,2-3,8,11-13H2,1H3,(H,20,22). The Bertz CT molecular complexity index is 672. The quantitative estimate of drug-likeness (QED) is 0.827. The average Bonchev–Trinajstić information content (AvgIpc) is 3.19. The molecular weight excluding hydrogens is 318 g/mol. The molecule has 1 aliphatic rings. The van der Waals surface area contributed by atoms with E-state index in [1.54, 1.807) is 36.5 Å². The van der Waals surface area contributed by atoms with Crippen molar-refractivity contribution < 1.29 is 9.53 Å². The van der Waals surface area contributed by atoms with Crippen LogP contribution in [0, 0.1) is 0 Å². The molecule has 3 rings (SSSR count). The van der Waals surface area contributed by atoms with Gasteiger partial charge in [-0.2, -0.15) is 0 Å². The number of nitrogens with zero attached hydrogens (tertiary/aromatic N) is 4. The molecule has 0 saturated carbocycles. The summed E-state index contributed by atoms with van der Waals surface area (Å²) in [5.41, 5.74) is 1.49. The van der Waals surface area contributed by atoms with Gasteiger partial charge >= 0.3 is 0 Å². The second-order valence-electron chi connectivity index (χ2n) is 6.15. The lowest BCUT2D eigenvalue weighted by Crippen LogP contribution is -2.29. The van der Waals surface area contributed by atoms with Crippen LogP contribution in [0.4, 0.5) is 5.82 Å². The SMILES string of the molecule is CN(CCc1ccncc1)C(=O)c1ccc(NCC2CCCO2)nn1. The minimum atomic E-state index is -0.132. The highest BCUT2D eigenvalue weighted by molar-refractivity contribution is 5.92. The summed E-state index contributed by atoms with van der Waals surface area (Å²) in [7, 11) is 1.77. The maximum absolute atomic E-state index is 12.4. The first-order chi connectivity index (χ1) is 12.2. The van der Waals surface area contributed by atoms with Crippen molar-refractivity contribution in [2.24, 2.45) is 0 Å². The fourth-order valence-corrected chi connectivity index (χ4v) is 2.71. The molecule has 1 N–H and O–H groups in total. The van der Waals surface area contributed by atoms with Gasteiger partial charge in [0.25, 0.3) is 5.91 Å². The number of hydrogen-bond donors (Lipinski definition) is 1. The van der Waals surface area contributed by atoms with Crippen LogP contribution in [-0.2, 0) is 11.2 Å². The largest absolute Gasteiger partial charge is 0.376 e. The summed E-state index contributed by atoms with van der Waals surface area (Å²) >= 11 is 0. The monoisotopic (exact) mass is 341 g/mol. The third kappa shape index (κ3) is 4.96. The molecule has 3 heterocycles. The van der Waals surface area contributed by atoms with Crippen LogP contribution in [0.15, 0.2) is 36.7 Å². The Morgan fingerprint density at radius 3 is 2.80 bits per heavy atom. The molecule has 0 aliphatic carbocycles. The third-order valence-electron chi connectivity index (χ3n) is 4.25. The first-order valence-corrected chi connectivity index (χ1v) is 8.56. The summed E-state index contributed by atoms with van der Waals surface area (Å²) in [6, 6.07) is 7.39. The lowest BCUT2D eigenvalue weighted by molar-refractivity contribution is 0.0789. The number of anilines is 1. The van der Waals surface area contributed by atoms with Crippen LogP contribution in [0.1, 0.15) is 28.9 Å². The van der Waals surface area contributed by atoms with E-state index in [4.69, 9.17) is 4.74 Å². The normalized spacial score (nSPS) is 16.6. The summed E-state index contributed by atoms with van der Waals surface area (Å²) < 4.78 is 5.56. The fourth-order valence-electron chi connectivity index (χ4n) is 2.71. The third-order valence-corrected chi connectivity index (χ3v) is 4.25. The average molecular weight is 341 g/mol. The molecule has 1 saturated heterocycles. The number of nitrogens with one attached hydrogen (secondary N) is 1. The molecule has 2 aromatic heterocycles. The molecule has 2 aromatic rings. The zero-order valence-electron chi connectivity index (χ0n) is 14.4. The lowest BCUT2D eigenvalue weighted by atomic mass is 10.2. The van der Waals surface area contributed by atoms with E-state index in [0.717, 1.165) is 31.4 Å². The van der Waals surface area contributed by atoms with Gasteiger partial charge in [0.2, 0.25) is 0 Å². The van der Waals surface area contributed by atoms with Gasteiger partial charge in [0, 0.05) is 39.1 Å². The summed E-state index contributed by atoms with van der Waals surface area (Å²) in [6.45, 7) is 2.16. The molecule has 1 aliphatic heterocycles. The van der Waals surface area contributed by atoms with E-state index in [0.29, 0.717) is 24.6 Å². The first kappa shape index (κ1) is 17.3.